The molecule has 1 N–H and O–H groups in total. The lowest BCUT2D eigenvalue weighted by Crippen LogP contribution is -2.24. The van der Waals surface area contributed by atoms with Crippen molar-refractivity contribution >= 4 is 29.0 Å². The fourth-order valence-corrected chi connectivity index (χ4v) is 3.84. The second-order valence-electron chi connectivity index (χ2n) is 5.79. The molecule has 0 fully saturated rings. The molecule has 124 valence electrons. The average Bonchev–Trinajstić information content (AvgIpc) is 2.92. The molecule has 1 heterocycles. The largest absolute Gasteiger partial charge is 0.352 e. The third-order valence-corrected chi connectivity index (χ3v) is 5.30. The van der Waals surface area contributed by atoms with Gasteiger partial charge in [-0.3, -0.25) is 4.79 Å². The Bertz CT molecular complexity index is 620. The van der Waals surface area contributed by atoms with E-state index in [1.807, 2.05) is 31.2 Å². The zero-order valence-electron chi connectivity index (χ0n) is 14.0. The predicted molar refractivity (Wildman–Crippen MR) is 99.6 cm³/mol. The number of hydrogen-bond donors (Lipinski definition) is 1. The number of aromatic nitrogens is 1. The molecular formula is C18H24N2OS2. The van der Waals surface area contributed by atoms with Crippen molar-refractivity contribution < 1.29 is 4.79 Å². The highest BCUT2D eigenvalue weighted by Crippen LogP contribution is 2.22. The van der Waals surface area contributed by atoms with Gasteiger partial charge in [-0.2, -0.15) is 0 Å². The lowest BCUT2D eigenvalue weighted by molar-refractivity contribution is 0.0953. The summed E-state index contributed by atoms with van der Waals surface area (Å²) in [5.41, 5.74) is 1.83. The number of aryl methyl sites for hydroxylation is 2. The molecule has 1 aromatic heterocycles. The van der Waals surface area contributed by atoms with E-state index in [1.54, 1.807) is 23.1 Å². The first-order chi connectivity index (χ1) is 11.0. The number of amides is 1. The smallest absolute Gasteiger partial charge is 0.251 e. The number of carbonyl (C=O) groups excluding carboxylic acids is 1. The number of rotatable bonds is 8. The molecule has 3 nitrogen and oxygen atoms in total. The van der Waals surface area contributed by atoms with Crippen LogP contribution in [-0.2, 0) is 6.42 Å². The number of thioether (sulfide) groups is 1. The van der Waals surface area contributed by atoms with Crippen LogP contribution < -0.4 is 5.32 Å². The molecule has 2 aromatic rings. The van der Waals surface area contributed by atoms with Gasteiger partial charge in [-0.1, -0.05) is 13.8 Å². The fourth-order valence-electron chi connectivity index (χ4n) is 2.18. The molecule has 23 heavy (non-hydrogen) atoms. The number of hydrogen-bond acceptors (Lipinski definition) is 4. The Labute approximate surface area is 146 Å². The Morgan fingerprint density at radius 2 is 2.00 bits per heavy atom. The van der Waals surface area contributed by atoms with E-state index < -0.39 is 0 Å². The molecular weight excluding hydrogens is 324 g/mol. The molecule has 0 saturated heterocycles. The number of benzene rings is 1. The summed E-state index contributed by atoms with van der Waals surface area (Å²) in [5, 5.41) is 6.81. The van der Waals surface area contributed by atoms with Crippen molar-refractivity contribution in [3.63, 3.8) is 0 Å². The van der Waals surface area contributed by atoms with Crippen LogP contribution in [0.5, 0.6) is 0 Å². The van der Waals surface area contributed by atoms with Crippen LogP contribution >= 0.6 is 23.1 Å². The van der Waals surface area contributed by atoms with Gasteiger partial charge in [-0.05, 0) is 50.5 Å². The Morgan fingerprint density at radius 3 is 2.61 bits per heavy atom. The standard InChI is InChI=1S/C18H24N2OS2/c1-13(2)23-16-9-7-15(8-10-16)18(21)19-11-5-4-6-17-20-14(3)12-22-17/h7-10,12-13H,4-6,11H2,1-3H3,(H,19,21). The summed E-state index contributed by atoms with van der Waals surface area (Å²) >= 11 is 3.52. The topological polar surface area (TPSA) is 42.0 Å². The summed E-state index contributed by atoms with van der Waals surface area (Å²) in [4.78, 5) is 17.7. The SMILES string of the molecule is Cc1csc(CCCCNC(=O)c2ccc(SC(C)C)cc2)n1. The molecule has 5 heteroatoms. The molecule has 1 aromatic carbocycles. The van der Waals surface area contributed by atoms with E-state index in [-0.39, 0.29) is 5.91 Å². The number of nitrogens with zero attached hydrogens (tertiary/aromatic N) is 1. The third kappa shape index (κ3) is 6.36. The van der Waals surface area contributed by atoms with Crippen LogP contribution in [0.25, 0.3) is 0 Å². The van der Waals surface area contributed by atoms with Gasteiger partial charge in [-0.25, -0.2) is 4.98 Å². The molecule has 0 radical (unpaired) electrons. The summed E-state index contributed by atoms with van der Waals surface area (Å²) < 4.78 is 0. The van der Waals surface area contributed by atoms with Crippen molar-refractivity contribution in [3.8, 4) is 0 Å². The van der Waals surface area contributed by atoms with Crippen molar-refractivity contribution in [2.24, 2.45) is 0 Å². The zero-order valence-corrected chi connectivity index (χ0v) is 15.6. The maximum atomic E-state index is 12.1. The fraction of sp³-hybridized carbons (Fsp3) is 0.444. The van der Waals surface area contributed by atoms with Crippen molar-refractivity contribution in [3.05, 3.63) is 45.9 Å². The van der Waals surface area contributed by atoms with E-state index in [0.717, 1.165) is 30.5 Å². The second-order valence-corrected chi connectivity index (χ2v) is 8.38. The van der Waals surface area contributed by atoms with Crippen molar-refractivity contribution in [1.29, 1.82) is 0 Å². The van der Waals surface area contributed by atoms with Crippen LogP contribution in [0.15, 0.2) is 34.5 Å². The normalized spacial score (nSPS) is 11.0. The molecule has 0 aliphatic carbocycles. The lowest BCUT2D eigenvalue weighted by Gasteiger charge is -2.07. The maximum absolute atomic E-state index is 12.1. The molecule has 0 aliphatic rings. The zero-order chi connectivity index (χ0) is 16.7. The lowest BCUT2D eigenvalue weighted by atomic mass is 10.2. The van der Waals surface area contributed by atoms with Crippen LogP contribution in [0.4, 0.5) is 0 Å². The van der Waals surface area contributed by atoms with Crippen LogP contribution in [-0.4, -0.2) is 22.7 Å². The molecule has 0 spiro atoms. The van der Waals surface area contributed by atoms with Crippen LogP contribution in [0.1, 0.15) is 47.7 Å². The van der Waals surface area contributed by atoms with Crippen molar-refractivity contribution in [2.45, 2.75) is 50.2 Å². The summed E-state index contributed by atoms with van der Waals surface area (Å²) in [6.07, 6.45) is 3.03. The average molecular weight is 349 g/mol. The summed E-state index contributed by atoms with van der Waals surface area (Å²) in [5.74, 6) is 0.0104. The molecule has 0 bridgehead atoms. The molecule has 0 unspecified atom stereocenters. The van der Waals surface area contributed by atoms with Crippen LogP contribution in [0.2, 0.25) is 0 Å². The molecule has 1 amide bonds. The Balaban J connectivity index is 1.68. The highest BCUT2D eigenvalue weighted by atomic mass is 32.2. The van der Waals surface area contributed by atoms with Gasteiger partial charge in [0.15, 0.2) is 0 Å². The van der Waals surface area contributed by atoms with Gasteiger partial charge in [0.1, 0.15) is 0 Å². The quantitative estimate of drug-likeness (QED) is 0.555. The Morgan fingerprint density at radius 1 is 1.26 bits per heavy atom. The van der Waals surface area contributed by atoms with Crippen molar-refractivity contribution in [1.82, 2.24) is 10.3 Å². The van der Waals surface area contributed by atoms with Crippen molar-refractivity contribution in [2.75, 3.05) is 6.54 Å². The highest BCUT2D eigenvalue weighted by molar-refractivity contribution is 7.99. The number of nitrogens with one attached hydrogen (secondary N) is 1. The monoisotopic (exact) mass is 348 g/mol. The number of carbonyl (C=O) groups is 1. The maximum Gasteiger partial charge on any atom is 0.251 e. The van der Waals surface area contributed by atoms with E-state index in [4.69, 9.17) is 0 Å². The first-order valence-corrected chi connectivity index (χ1v) is 9.76. The minimum Gasteiger partial charge on any atom is -0.352 e. The minimum atomic E-state index is 0.0104. The molecule has 0 aliphatic heterocycles. The summed E-state index contributed by atoms with van der Waals surface area (Å²) in [6, 6.07) is 7.84. The van der Waals surface area contributed by atoms with Crippen LogP contribution in [0, 0.1) is 6.92 Å². The van der Waals surface area contributed by atoms with Gasteiger partial charge in [0, 0.05) is 33.3 Å². The second kappa shape index (κ2) is 9.08. The summed E-state index contributed by atoms with van der Waals surface area (Å²) in [6.45, 7) is 7.06. The molecule has 2 rings (SSSR count). The van der Waals surface area contributed by atoms with E-state index in [9.17, 15) is 4.79 Å². The predicted octanol–water partition coefficient (Wildman–Crippen LogP) is 4.70. The van der Waals surface area contributed by atoms with Gasteiger partial charge in [0.25, 0.3) is 5.91 Å². The minimum absolute atomic E-state index is 0.0104. The van der Waals surface area contributed by atoms with Gasteiger partial charge in [0.2, 0.25) is 0 Å². The van der Waals surface area contributed by atoms with Crippen LogP contribution in [0.3, 0.4) is 0 Å². The first kappa shape index (κ1) is 18.0. The third-order valence-electron chi connectivity index (χ3n) is 3.26. The number of unbranched alkanes of at least 4 members (excludes halogenated alkanes) is 1. The number of thiazole rings is 1. The molecule has 0 saturated carbocycles. The molecule has 0 atom stereocenters. The first-order valence-electron chi connectivity index (χ1n) is 8.00. The Hall–Kier alpha value is -1.33. The van der Waals surface area contributed by atoms with E-state index >= 15 is 0 Å². The Kier molecular flexibility index (Phi) is 7.12. The van der Waals surface area contributed by atoms with E-state index in [1.165, 1.54) is 9.90 Å². The van der Waals surface area contributed by atoms with E-state index in [2.05, 4.69) is 29.5 Å². The van der Waals surface area contributed by atoms with Gasteiger partial charge >= 0.3 is 0 Å². The van der Waals surface area contributed by atoms with Gasteiger partial charge in [0.05, 0.1) is 5.01 Å². The summed E-state index contributed by atoms with van der Waals surface area (Å²) in [7, 11) is 0. The highest BCUT2D eigenvalue weighted by Gasteiger charge is 2.06. The van der Waals surface area contributed by atoms with E-state index in [0.29, 0.717) is 11.8 Å². The van der Waals surface area contributed by atoms with Gasteiger partial charge < -0.3 is 5.32 Å². The van der Waals surface area contributed by atoms with Gasteiger partial charge in [-0.15, -0.1) is 23.1 Å².